The Bertz CT molecular complexity index is 345. The molecule has 0 spiro atoms. The van der Waals surface area contributed by atoms with Crippen LogP contribution in [0.15, 0.2) is 0 Å². The predicted octanol–water partition coefficient (Wildman–Crippen LogP) is 0.0325. The maximum Gasteiger partial charge on any atom is 0.332 e. The second-order valence-corrected chi connectivity index (χ2v) is 5.45. The summed E-state index contributed by atoms with van der Waals surface area (Å²) in [6, 6.07) is -0.502. The number of carbonyl (C=O) groups excluding carboxylic acids is 1. The summed E-state index contributed by atoms with van der Waals surface area (Å²) >= 11 is 0. The Balaban J connectivity index is 2.73. The van der Waals surface area contributed by atoms with Crippen molar-refractivity contribution in [1.29, 1.82) is 0 Å². The number of nitrogens with zero attached hydrogens (tertiary/aromatic N) is 1. The molecule has 1 fully saturated rings. The average molecular weight is 274 g/mol. The number of aliphatic carboxylic acids is 1. The van der Waals surface area contributed by atoms with Crippen LogP contribution >= 0.6 is 0 Å². The second kappa shape index (κ2) is 5.75. The molecule has 1 saturated heterocycles. The first kappa shape index (κ1) is 15.7. The molecule has 0 saturated carbocycles. The van der Waals surface area contributed by atoms with Crippen LogP contribution in [0.2, 0.25) is 0 Å². The molecular weight excluding hydrogens is 252 g/mol. The van der Waals surface area contributed by atoms with Gasteiger partial charge in [0.25, 0.3) is 0 Å². The highest BCUT2D eigenvalue weighted by atomic mass is 16.5. The van der Waals surface area contributed by atoms with Crippen LogP contribution < -0.4 is 5.32 Å². The van der Waals surface area contributed by atoms with E-state index in [1.807, 2.05) is 0 Å². The minimum absolute atomic E-state index is 0.0336. The number of amides is 2. The lowest BCUT2D eigenvalue weighted by atomic mass is 9.99. The molecule has 7 heteroatoms. The summed E-state index contributed by atoms with van der Waals surface area (Å²) < 4.78 is 5.07. The summed E-state index contributed by atoms with van der Waals surface area (Å²) in [7, 11) is 0. The van der Waals surface area contributed by atoms with Crippen molar-refractivity contribution in [3.8, 4) is 0 Å². The first-order chi connectivity index (χ1) is 8.70. The first-order valence-corrected chi connectivity index (χ1v) is 6.31. The van der Waals surface area contributed by atoms with E-state index in [2.05, 4.69) is 5.32 Å². The van der Waals surface area contributed by atoms with Gasteiger partial charge in [0.1, 0.15) is 0 Å². The van der Waals surface area contributed by atoms with Gasteiger partial charge in [0.2, 0.25) is 0 Å². The Morgan fingerprint density at radius 1 is 1.47 bits per heavy atom. The Labute approximate surface area is 112 Å². The van der Waals surface area contributed by atoms with Crippen molar-refractivity contribution in [2.45, 2.75) is 38.3 Å². The lowest BCUT2D eigenvalue weighted by molar-refractivity contribution is -0.144. The van der Waals surface area contributed by atoms with Crippen LogP contribution in [0.4, 0.5) is 4.79 Å². The molecule has 1 rings (SSSR count). The van der Waals surface area contributed by atoms with Gasteiger partial charge in [-0.15, -0.1) is 0 Å². The fourth-order valence-electron chi connectivity index (χ4n) is 1.96. The van der Waals surface area contributed by atoms with Crippen molar-refractivity contribution >= 4 is 12.0 Å². The molecule has 1 aliphatic heterocycles. The van der Waals surface area contributed by atoms with Crippen molar-refractivity contribution in [2.75, 3.05) is 26.3 Å². The zero-order valence-electron chi connectivity index (χ0n) is 11.6. The third-order valence-corrected chi connectivity index (χ3v) is 3.02. The molecule has 0 aliphatic carbocycles. The van der Waals surface area contributed by atoms with E-state index in [0.29, 0.717) is 13.2 Å². The number of nitrogens with one attached hydrogen (secondary N) is 1. The third kappa shape index (κ3) is 4.07. The van der Waals surface area contributed by atoms with Gasteiger partial charge in [0.05, 0.1) is 18.8 Å². The normalized spacial score (nSPS) is 23.2. The molecule has 1 unspecified atom stereocenters. The number of ether oxygens (including phenoxy) is 1. The van der Waals surface area contributed by atoms with Crippen LogP contribution in [-0.4, -0.2) is 64.6 Å². The fraction of sp³-hybridized carbons (Fsp3) is 0.833. The molecular formula is C12H22N2O5. The van der Waals surface area contributed by atoms with Crippen molar-refractivity contribution < 1.29 is 24.5 Å². The van der Waals surface area contributed by atoms with Crippen LogP contribution in [0.3, 0.4) is 0 Å². The zero-order chi connectivity index (χ0) is 14.7. The monoisotopic (exact) mass is 274 g/mol. The van der Waals surface area contributed by atoms with E-state index in [4.69, 9.17) is 4.74 Å². The number of carbonyl (C=O) groups is 2. The Morgan fingerprint density at radius 2 is 2.11 bits per heavy atom. The highest BCUT2D eigenvalue weighted by molar-refractivity contribution is 5.86. The highest BCUT2D eigenvalue weighted by Crippen LogP contribution is 2.19. The molecule has 0 aromatic carbocycles. The maximum absolute atomic E-state index is 12.1. The Kier molecular flexibility index (Phi) is 4.75. The van der Waals surface area contributed by atoms with Crippen molar-refractivity contribution in [1.82, 2.24) is 10.2 Å². The molecule has 1 atom stereocenters. The fourth-order valence-corrected chi connectivity index (χ4v) is 1.96. The molecule has 19 heavy (non-hydrogen) atoms. The summed E-state index contributed by atoms with van der Waals surface area (Å²) in [6.07, 6.45) is 0.244. The topological polar surface area (TPSA) is 99.1 Å². The van der Waals surface area contributed by atoms with Gasteiger partial charge < -0.3 is 25.2 Å². The average Bonchev–Trinajstić information content (AvgIpc) is 2.74. The van der Waals surface area contributed by atoms with Gasteiger partial charge in [-0.1, -0.05) is 0 Å². The molecule has 1 aliphatic rings. The molecule has 0 aromatic rings. The van der Waals surface area contributed by atoms with E-state index in [0.717, 1.165) is 0 Å². The second-order valence-electron chi connectivity index (χ2n) is 5.45. The predicted molar refractivity (Wildman–Crippen MR) is 67.9 cm³/mol. The number of carboxylic acids is 1. The first-order valence-electron chi connectivity index (χ1n) is 6.31. The van der Waals surface area contributed by atoms with Gasteiger partial charge in [0, 0.05) is 19.6 Å². The van der Waals surface area contributed by atoms with Crippen molar-refractivity contribution in [3.05, 3.63) is 0 Å². The quantitative estimate of drug-likeness (QED) is 0.657. The minimum Gasteiger partial charge on any atom is -0.479 e. The summed E-state index contributed by atoms with van der Waals surface area (Å²) in [5.41, 5.74) is -2.39. The van der Waals surface area contributed by atoms with E-state index >= 15 is 0 Å². The van der Waals surface area contributed by atoms with E-state index in [9.17, 15) is 19.8 Å². The molecule has 2 amide bonds. The number of carboxylic acid groups (broad SMARTS) is 1. The van der Waals surface area contributed by atoms with Crippen molar-refractivity contribution in [3.63, 3.8) is 0 Å². The summed E-state index contributed by atoms with van der Waals surface area (Å²) in [4.78, 5) is 24.8. The number of hydrogen-bond donors (Lipinski definition) is 3. The van der Waals surface area contributed by atoms with E-state index in [1.54, 1.807) is 20.8 Å². The van der Waals surface area contributed by atoms with Crippen LogP contribution in [0.5, 0.6) is 0 Å². The van der Waals surface area contributed by atoms with Crippen LogP contribution in [0, 0.1) is 0 Å². The van der Waals surface area contributed by atoms with Crippen molar-refractivity contribution in [2.24, 2.45) is 0 Å². The largest absolute Gasteiger partial charge is 0.479 e. The van der Waals surface area contributed by atoms with Gasteiger partial charge in [-0.25, -0.2) is 9.59 Å². The maximum atomic E-state index is 12.1. The Hall–Kier alpha value is -1.34. The summed E-state index contributed by atoms with van der Waals surface area (Å²) in [6.45, 7) is 5.74. The molecule has 1 heterocycles. The number of aliphatic hydroxyl groups is 1. The third-order valence-electron chi connectivity index (χ3n) is 3.02. The van der Waals surface area contributed by atoms with Crippen LogP contribution in [-0.2, 0) is 9.53 Å². The molecule has 3 N–H and O–H groups in total. The van der Waals surface area contributed by atoms with Crippen LogP contribution in [0.25, 0.3) is 0 Å². The summed E-state index contributed by atoms with van der Waals surface area (Å²) in [5, 5.41) is 21.5. The molecule has 0 aromatic heterocycles. The number of urea groups is 1. The van der Waals surface area contributed by atoms with Gasteiger partial charge in [-0.05, 0) is 20.8 Å². The zero-order valence-corrected chi connectivity index (χ0v) is 11.6. The SMILES string of the molecule is CCN(CC(C)(C)O)C(=O)NC1(C(=O)O)CCOC1. The van der Waals surface area contributed by atoms with E-state index < -0.39 is 23.1 Å². The standard InChI is InChI=1S/C12H22N2O5/c1-4-14(7-11(2,3)18)10(17)13-12(9(15)16)5-6-19-8-12/h18H,4-8H2,1-3H3,(H,13,17)(H,15,16). The highest BCUT2D eigenvalue weighted by Gasteiger charge is 2.44. The van der Waals surface area contributed by atoms with E-state index in [-0.39, 0.29) is 19.6 Å². The molecule has 0 bridgehead atoms. The Morgan fingerprint density at radius 3 is 2.47 bits per heavy atom. The molecule has 110 valence electrons. The van der Waals surface area contributed by atoms with Gasteiger partial charge in [-0.2, -0.15) is 0 Å². The minimum atomic E-state index is -1.36. The molecule has 7 nitrogen and oxygen atoms in total. The van der Waals surface area contributed by atoms with E-state index in [1.165, 1.54) is 4.90 Å². The lowest BCUT2D eigenvalue weighted by Gasteiger charge is -2.32. The number of rotatable bonds is 5. The lowest BCUT2D eigenvalue weighted by Crippen LogP contribution is -2.59. The van der Waals surface area contributed by atoms with Gasteiger partial charge >= 0.3 is 12.0 Å². The van der Waals surface area contributed by atoms with Gasteiger partial charge in [-0.3, -0.25) is 0 Å². The number of likely N-dealkylation sites (N-methyl/N-ethyl adjacent to an activating group) is 1. The van der Waals surface area contributed by atoms with Crippen LogP contribution in [0.1, 0.15) is 27.2 Å². The number of hydrogen-bond acceptors (Lipinski definition) is 4. The smallest absolute Gasteiger partial charge is 0.332 e. The molecule has 0 radical (unpaired) electrons. The van der Waals surface area contributed by atoms with Gasteiger partial charge in [0.15, 0.2) is 5.54 Å². The summed E-state index contributed by atoms with van der Waals surface area (Å²) in [5.74, 6) is -1.10.